The van der Waals surface area contributed by atoms with Crippen molar-refractivity contribution in [2.75, 3.05) is 20.2 Å². The molecule has 0 saturated heterocycles. The van der Waals surface area contributed by atoms with Gasteiger partial charge in [0.2, 0.25) is 0 Å². The number of hydrogen-bond acceptors (Lipinski definition) is 3. The van der Waals surface area contributed by atoms with Gasteiger partial charge >= 0.3 is 5.97 Å². The van der Waals surface area contributed by atoms with Gasteiger partial charge in [0.15, 0.2) is 0 Å². The molecule has 0 fully saturated rings. The SMILES string of the molecule is CCOC(=O)CN(C)C(=O)c1ccc(Br)c(C)c1. The second kappa shape index (κ2) is 6.54. The number of carbonyl (C=O) groups is 2. The Hall–Kier alpha value is -1.36. The second-order valence-electron chi connectivity index (χ2n) is 3.93. The van der Waals surface area contributed by atoms with Crippen LogP contribution in [0.1, 0.15) is 22.8 Å². The zero-order chi connectivity index (χ0) is 13.7. The lowest BCUT2D eigenvalue weighted by molar-refractivity contribution is -0.143. The van der Waals surface area contributed by atoms with E-state index in [-0.39, 0.29) is 12.5 Å². The van der Waals surface area contributed by atoms with Crippen LogP contribution in [0.5, 0.6) is 0 Å². The minimum Gasteiger partial charge on any atom is -0.465 e. The molecule has 0 aliphatic rings. The molecule has 5 heteroatoms. The Morgan fingerprint density at radius 2 is 2.06 bits per heavy atom. The van der Waals surface area contributed by atoms with Crippen molar-refractivity contribution in [2.45, 2.75) is 13.8 Å². The van der Waals surface area contributed by atoms with Crippen LogP contribution in [-0.2, 0) is 9.53 Å². The average Bonchev–Trinajstić information content (AvgIpc) is 2.32. The van der Waals surface area contributed by atoms with Gasteiger partial charge in [-0.2, -0.15) is 0 Å². The van der Waals surface area contributed by atoms with Crippen LogP contribution in [0.3, 0.4) is 0 Å². The van der Waals surface area contributed by atoms with Gasteiger partial charge in [0.1, 0.15) is 6.54 Å². The Bertz CT molecular complexity index is 460. The summed E-state index contributed by atoms with van der Waals surface area (Å²) in [5, 5.41) is 0. The molecular formula is C13H16BrNO3. The Morgan fingerprint density at radius 1 is 1.39 bits per heavy atom. The van der Waals surface area contributed by atoms with E-state index in [0.29, 0.717) is 12.2 Å². The number of aryl methyl sites for hydroxylation is 1. The lowest BCUT2D eigenvalue weighted by Gasteiger charge is -2.16. The summed E-state index contributed by atoms with van der Waals surface area (Å²) in [6.45, 7) is 3.92. The number of halogens is 1. The summed E-state index contributed by atoms with van der Waals surface area (Å²) < 4.78 is 5.75. The van der Waals surface area contributed by atoms with Gasteiger partial charge in [0.25, 0.3) is 5.91 Å². The van der Waals surface area contributed by atoms with Gasteiger partial charge in [-0.25, -0.2) is 0 Å². The van der Waals surface area contributed by atoms with Crippen LogP contribution < -0.4 is 0 Å². The molecular weight excluding hydrogens is 298 g/mol. The van der Waals surface area contributed by atoms with Crippen LogP contribution in [-0.4, -0.2) is 37.0 Å². The molecule has 0 aliphatic carbocycles. The van der Waals surface area contributed by atoms with E-state index >= 15 is 0 Å². The molecule has 1 rings (SSSR count). The standard InChI is InChI=1S/C13H16BrNO3/c1-4-18-12(16)8-15(3)13(17)10-5-6-11(14)9(2)7-10/h5-7H,4,8H2,1-3H3. The van der Waals surface area contributed by atoms with Crippen LogP contribution in [0, 0.1) is 6.92 Å². The van der Waals surface area contributed by atoms with Gasteiger partial charge in [-0.05, 0) is 37.6 Å². The number of hydrogen-bond donors (Lipinski definition) is 0. The van der Waals surface area contributed by atoms with Crippen LogP contribution in [0.25, 0.3) is 0 Å². The first-order valence-corrected chi connectivity index (χ1v) is 6.42. The minimum atomic E-state index is -0.401. The lowest BCUT2D eigenvalue weighted by Crippen LogP contribution is -2.33. The summed E-state index contributed by atoms with van der Waals surface area (Å²) in [5.74, 6) is -0.596. The third-order valence-corrected chi connectivity index (χ3v) is 3.31. The molecule has 0 atom stereocenters. The highest BCUT2D eigenvalue weighted by Crippen LogP contribution is 2.17. The fourth-order valence-electron chi connectivity index (χ4n) is 1.47. The number of likely N-dealkylation sites (N-methyl/N-ethyl adjacent to an activating group) is 1. The Balaban J connectivity index is 2.74. The lowest BCUT2D eigenvalue weighted by atomic mass is 10.1. The van der Waals surface area contributed by atoms with Crippen molar-refractivity contribution >= 4 is 27.8 Å². The van der Waals surface area contributed by atoms with Gasteiger partial charge in [-0.1, -0.05) is 15.9 Å². The van der Waals surface area contributed by atoms with Crippen LogP contribution >= 0.6 is 15.9 Å². The first-order valence-electron chi connectivity index (χ1n) is 5.63. The average molecular weight is 314 g/mol. The first-order chi connectivity index (χ1) is 8.45. The topological polar surface area (TPSA) is 46.6 Å². The normalized spacial score (nSPS) is 10.0. The van der Waals surface area contributed by atoms with Crippen LogP contribution in [0.15, 0.2) is 22.7 Å². The molecule has 98 valence electrons. The van der Waals surface area contributed by atoms with E-state index in [9.17, 15) is 9.59 Å². The third-order valence-electron chi connectivity index (χ3n) is 2.42. The highest BCUT2D eigenvalue weighted by atomic mass is 79.9. The fraction of sp³-hybridized carbons (Fsp3) is 0.385. The Kier molecular flexibility index (Phi) is 5.34. The number of carbonyl (C=O) groups excluding carboxylic acids is 2. The highest BCUT2D eigenvalue weighted by molar-refractivity contribution is 9.10. The number of nitrogens with zero attached hydrogens (tertiary/aromatic N) is 1. The van der Waals surface area contributed by atoms with Gasteiger partial charge in [-0.15, -0.1) is 0 Å². The molecule has 0 aliphatic heterocycles. The molecule has 0 saturated carbocycles. The summed E-state index contributed by atoms with van der Waals surface area (Å²) >= 11 is 3.38. The zero-order valence-corrected chi connectivity index (χ0v) is 12.3. The number of amides is 1. The zero-order valence-electron chi connectivity index (χ0n) is 10.7. The van der Waals surface area contributed by atoms with E-state index in [2.05, 4.69) is 15.9 Å². The van der Waals surface area contributed by atoms with Gasteiger partial charge in [0.05, 0.1) is 6.61 Å². The molecule has 18 heavy (non-hydrogen) atoms. The summed E-state index contributed by atoms with van der Waals surface area (Å²) in [6, 6.07) is 5.33. The molecule has 0 spiro atoms. The highest BCUT2D eigenvalue weighted by Gasteiger charge is 2.15. The summed E-state index contributed by atoms with van der Waals surface area (Å²) in [7, 11) is 1.58. The molecule has 0 heterocycles. The van der Waals surface area contributed by atoms with Gasteiger partial charge in [-0.3, -0.25) is 9.59 Å². The fourth-order valence-corrected chi connectivity index (χ4v) is 1.72. The van der Waals surface area contributed by atoms with E-state index in [4.69, 9.17) is 4.74 Å². The predicted octanol–water partition coefficient (Wildman–Crippen LogP) is 2.39. The molecule has 0 unspecified atom stereocenters. The van der Waals surface area contributed by atoms with Gasteiger partial charge < -0.3 is 9.64 Å². The van der Waals surface area contributed by atoms with Crippen molar-refractivity contribution in [1.29, 1.82) is 0 Å². The van der Waals surface area contributed by atoms with Crippen LogP contribution in [0.4, 0.5) is 0 Å². The van der Waals surface area contributed by atoms with Crippen molar-refractivity contribution in [1.82, 2.24) is 4.90 Å². The molecule has 0 N–H and O–H groups in total. The Morgan fingerprint density at radius 3 is 2.61 bits per heavy atom. The Labute approximate surface area is 115 Å². The maximum atomic E-state index is 12.1. The largest absolute Gasteiger partial charge is 0.465 e. The van der Waals surface area contributed by atoms with Crippen molar-refractivity contribution in [3.05, 3.63) is 33.8 Å². The molecule has 0 bridgehead atoms. The molecule has 0 radical (unpaired) electrons. The smallest absolute Gasteiger partial charge is 0.325 e. The quantitative estimate of drug-likeness (QED) is 0.802. The number of rotatable bonds is 4. The van der Waals surface area contributed by atoms with E-state index in [1.54, 1.807) is 26.1 Å². The van der Waals surface area contributed by atoms with E-state index in [1.807, 2.05) is 13.0 Å². The van der Waals surface area contributed by atoms with Crippen molar-refractivity contribution < 1.29 is 14.3 Å². The number of benzene rings is 1. The van der Waals surface area contributed by atoms with E-state index < -0.39 is 5.97 Å². The summed E-state index contributed by atoms with van der Waals surface area (Å²) in [5.41, 5.74) is 1.54. The summed E-state index contributed by atoms with van der Waals surface area (Å²) in [4.78, 5) is 24.7. The summed E-state index contributed by atoms with van der Waals surface area (Å²) in [6.07, 6.45) is 0. The predicted molar refractivity (Wildman–Crippen MR) is 72.5 cm³/mol. The van der Waals surface area contributed by atoms with Crippen LogP contribution in [0.2, 0.25) is 0 Å². The van der Waals surface area contributed by atoms with Crippen molar-refractivity contribution in [3.8, 4) is 0 Å². The minimum absolute atomic E-state index is 0.0399. The van der Waals surface area contributed by atoms with E-state index in [1.165, 1.54) is 4.90 Å². The maximum absolute atomic E-state index is 12.1. The molecule has 4 nitrogen and oxygen atoms in total. The third kappa shape index (κ3) is 3.84. The van der Waals surface area contributed by atoms with E-state index in [0.717, 1.165) is 10.0 Å². The molecule has 1 aromatic carbocycles. The number of ether oxygens (including phenoxy) is 1. The molecule has 1 amide bonds. The number of esters is 1. The maximum Gasteiger partial charge on any atom is 0.325 e. The molecule has 1 aromatic rings. The first kappa shape index (κ1) is 14.7. The monoisotopic (exact) mass is 313 g/mol. The van der Waals surface area contributed by atoms with Gasteiger partial charge in [0, 0.05) is 17.1 Å². The van der Waals surface area contributed by atoms with Crippen molar-refractivity contribution in [3.63, 3.8) is 0 Å². The second-order valence-corrected chi connectivity index (χ2v) is 4.78. The van der Waals surface area contributed by atoms with Crippen molar-refractivity contribution in [2.24, 2.45) is 0 Å². The molecule has 0 aromatic heterocycles.